The van der Waals surface area contributed by atoms with Gasteiger partial charge in [0.2, 0.25) is 0 Å². The summed E-state index contributed by atoms with van der Waals surface area (Å²) in [7, 11) is 1.40. The van der Waals surface area contributed by atoms with Gasteiger partial charge in [0.25, 0.3) is 0 Å². The highest BCUT2D eigenvalue weighted by Gasteiger charge is 2.26. The van der Waals surface area contributed by atoms with Gasteiger partial charge in [-0.1, -0.05) is 15.9 Å². The summed E-state index contributed by atoms with van der Waals surface area (Å²) in [6.45, 7) is 1.62. The Hall–Kier alpha value is -0.810. The van der Waals surface area contributed by atoms with E-state index in [9.17, 15) is 9.50 Å². The van der Waals surface area contributed by atoms with Gasteiger partial charge in [0.15, 0.2) is 17.3 Å². The average Bonchev–Trinajstić information content (AvgIpc) is 2.77. The molecule has 2 rings (SSSR count). The van der Waals surface area contributed by atoms with Gasteiger partial charge in [-0.3, -0.25) is 0 Å². The minimum Gasteiger partial charge on any atom is -0.502 e. The van der Waals surface area contributed by atoms with E-state index in [1.165, 1.54) is 7.11 Å². The summed E-state index contributed by atoms with van der Waals surface area (Å²) in [6, 6.07) is 1.60. The molecule has 1 heterocycles. The standard InChI is InChI=1S/C11H13BrFNO2/c1-16-8-4-7(12)9(10(13)11(8)15)6-2-3-14-5-6/h4,6,14-15H,2-3,5H2,1H3. The van der Waals surface area contributed by atoms with Crippen LogP contribution in [-0.4, -0.2) is 25.3 Å². The fourth-order valence-electron chi connectivity index (χ4n) is 2.03. The number of phenols is 1. The van der Waals surface area contributed by atoms with Gasteiger partial charge < -0.3 is 15.2 Å². The van der Waals surface area contributed by atoms with Gasteiger partial charge in [0.05, 0.1) is 7.11 Å². The Morgan fingerprint density at radius 1 is 1.62 bits per heavy atom. The monoisotopic (exact) mass is 289 g/mol. The third kappa shape index (κ3) is 1.89. The largest absolute Gasteiger partial charge is 0.502 e. The van der Waals surface area contributed by atoms with Crippen LogP contribution >= 0.6 is 15.9 Å². The predicted molar refractivity (Wildman–Crippen MR) is 62.5 cm³/mol. The van der Waals surface area contributed by atoms with Gasteiger partial charge in [-0.2, -0.15) is 0 Å². The fourth-order valence-corrected chi connectivity index (χ4v) is 2.74. The van der Waals surface area contributed by atoms with Crippen molar-refractivity contribution in [2.45, 2.75) is 12.3 Å². The van der Waals surface area contributed by atoms with Crippen molar-refractivity contribution in [1.29, 1.82) is 0 Å². The van der Waals surface area contributed by atoms with E-state index in [-0.39, 0.29) is 11.7 Å². The number of benzene rings is 1. The quantitative estimate of drug-likeness (QED) is 0.878. The third-order valence-corrected chi connectivity index (χ3v) is 3.54. The Morgan fingerprint density at radius 2 is 2.38 bits per heavy atom. The smallest absolute Gasteiger partial charge is 0.194 e. The lowest BCUT2D eigenvalue weighted by Crippen LogP contribution is -2.09. The lowest BCUT2D eigenvalue weighted by Gasteiger charge is -2.15. The first-order valence-corrected chi connectivity index (χ1v) is 5.90. The number of aromatic hydroxyl groups is 1. The molecule has 1 saturated heterocycles. The molecule has 0 amide bonds. The Kier molecular flexibility index (Phi) is 3.35. The molecule has 0 aliphatic carbocycles. The summed E-state index contributed by atoms with van der Waals surface area (Å²) >= 11 is 3.32. The number of hydrogen-bond donors (Lipinski definition) is 2. The van der Waals surface area contributed by atoms with Crippen LogP contribution in [0.5, 0.6) is 11.5 Å². The van der Waals surface area contributed by atoms with Crippen LogP contribution in [0, 0.1) is 5.82 Å². The van der Waals surface area contributed by atoms with Crippen molar-refractivity contribution in [3.8, 4) is 11.5 Å². The molecule has 1 aromatic carbocycles. The van der Waals surface area contributed by atoms with Crippen LogP contribution in [-0.2, 0) is 0 Å². The average molecular weight is 290 g/mol. The molecule has 3 nitrogen and oxygen atoms in total. The van der Waals surface area contributed by atoms with E-state index >= 15 is 0 Å². The van der Waals surface area contributed by atoms with Crippen molar-refractivity contribution in [3.63, 3.8) is 0 Å². The van der Waals surface area contributed by atoms with Crippen molar-refractivity contribution in [2.75, 3.05) is 20.2 Å². The molecule has 2 N–H and O–H groups in total. The molecule has 0 spiro atoms. The molecule has 0 bridgehead atoms. The SMILES string of the molecule is COc1cc(Br)c(C2CCNC2)c(F)c1O. The molecular formula is C11H13BrFNO2. The molecule has 1 unspecified atom stereocenters. The highest BCUT2D eigenvalue weighted by Crippen LogP contribution is 2.40. The number of ether oxygens (including phenoxy) is 1. The van der Waals surface area contributed by atoms with Crippen LogP contribution in [0.15, 0.2) is 10.5 Å². The summed E-state index contributed by atoms with van der Waals surface area (Å²) in [6.07, 6.45) is 0.876. The van der Waals surface area contributed by atoms with Crippen molar-refractivity contribution < 1.29 is 14.2 Å². The maximum Gasteiger partial charge on any atom is 0.194 e. The third-order valence-electron chi connectivity index (χ3n) is 2.88. The first-order valence-electron chi connectivity index (χ1n) is 5.10. The maximum atomic E-state index is 14.0. The van der Waals surface area contributed by atoms with Crippen molar-refractivity contribution in [3.05, 3.63) is 21.9 Å². The minimum absolute atomic E-state index is 0.103. The second-order valence-electron chi connectivity index (χ2n) is 3.83. The van der Waals surface area contributed by atoms with E-state index < -0.39 is 11.6 Å². The Morgan fingerprint density at radius 3 is 2.94 bits per heavy atom. The molecule has 16 heavy (non-hydrogen) atoms. The molecule has 5 heteroatoms. The summed E-state index contributed by atoms with van der Waals surface area (Å²) < 4.78 is 19.5. The van der Waals surface area contributed by atoms with Crippen molar-refractivity contribution in [1.82, 2.24) is 5.32 Å². The number of phenolic OH excluding ortho intramolecular Hbond substituents is 1. The Labute approximate surface area is 102 Å². The fraction of sp³-hybridized carbons (Fsp3) is 0.455. The van der Waals surface area contributed by atoms with Crippen molar-refractivity contribution in [2.24, 2.45) is 0 Å². The highest BCUT2D eigenvalue weighted by molar-refractivity contribution is 9.10. The van der Waals surface area contributed by atoms with E-state index in [0.717, 1.165) is 19.5 Å². The van der Waals surface area contributed by atoms with Crippen LogP contribution in [0.2, 0.25) is 0 Å². The summed E-state index contributed by atoms with van der Waals surface area (Å²) in [5.41, 5.74) is 0.531. The van der Waals surface area contributed by atoms with Crippen LogP contribution < -0.4 is 10.1 Å². The molecule has 1 aromatic rings. The van der Waals surface area contributed by atoms with Gasteiger partial charge in [-0.15, -0.1) is 0 Å². The van der Waals surface area contributed by atoms with Gasteiger partial charge >= 0.3 is 0 Å². The van der Waals surface area contributed by atoms with Crippen LogP contribution in [0.4, 0.5) is 4.39 Å². The lowest BCUT2D eigenvalue weighted by atomic mass is 9.97. The predicted octanol–water partition coefficient (Wildman–Crippen LogP) is 2.38. The molecule has 1 atom stereocenters. The zero-order chi connectivity index (χ0) is 11.7. The zero-order valence-corrected chi connectivity index (χ0v) is 10.5. The first-order chi connectivity index (χ1) is 7.65. The van der Waals surface area contributed by atoms with E-state index in [2.05, 4.69) is 21.2 Å². The second-order valence-corrected chi connectivity index (χ2v) is 4.68. The molecule has 0 aromatic heterocycles. The van der Waals surface area contributed by atoms with Gasteiger partial charge in [-0.25, -0.2) is 4.39 Å². The summed E-state index contributed by atoms with van der Waals surface area (Å²) in [5.74, 6) is -0.738. The topological polar surface area (TPSA) is 41.5 Å². The Bertz CT molecular complexity index is 405. The maximum absolute atomic E-state index is 14.0. The molecule has 0 saturated carbocycles. The molecular weight excluding hydrogens is 277 g/mol. The van der Waals surface area contributed by atoms with Crippen molar-refractivity contribution >= 4 is 15.9 Å². The van der Waals surface area contributed by atoms with Crippen LogP contribution in [0.1, 0.15) is 17.9 Å². The van der Waals surface area contributed by atoms with Gasteiger partial charge in [0.1, 0.15) is 0 Å². The van der Waals surface area contributed by atoms with Crippen LogP contribution in [0.25, 0.3) is 0 Å². The lowest BCUT2D eigenvalue weighted by molar-refractivity contribution is 0.354. The van der Waals surface area contributed by atoms with E-state index in [0.29, 0.717) is 10.0 Å². The van der Waals surface area contributed by atoms with E-state index in [1.807, 2.05) is 0 Å². The molecule has 1 fully saturated rings. The normalized spacial score (nSPS) is 20.1. The minimum atomic E-state index is -0.583. The highest BCUT2D eigenvalue weighted by atomic mass is 79.9. The first kappa shape index (κ1) is 11.7. The van der Waals surface area contributed by atoms with E-state index in [1.54, 1.807) is 6.07 Å². The summed E-state index contributed by atoms with van der Waals surface area (Å²) in [4.78, 5) is 0. The summed E-state index contributed by atoms with van der Waals surface area (Å²) in [5, 5.41) is 12.8. The van der Waals surface area contributed by atoms with Gasteiger partial charge in [0, 0.05) is 22.5 Å². The Balaban J connectivity index is 2.48. The number of halogens is 2. The molecule has 1 aliphatic rings. The molecule has 1 aliphatic heterocycles. The number of rotatable bonds is 2. The molecule has 0 radical (unpaired) electrons. The molecule has 88 valence electrons. The van der Waals surface area contributed by atoms with Crippen LogP contribution in [0.3, 0.4) is 0 Å². The number of hydrogen-bond acceptors (Lipinski definition) is 3. The number of nitrogens with one attached hydrogen (secondary N) is 1. The zero-order valence-electron chi connectivity index (χ0n) is 8.89. The number of methoxy groups -OCH3 is 1. The van der Waals surface area contributed by atoms with Gasteiger partial charge in [-0.05, 0) is 19.0 Å². The second kappa shape index (κ2) is 4.59. The van der Waals surface area contributed by atoms with E-state index in [4.69, 9.17) is 4.74 Å².